The fourth-order valence-electron chi connectivity index (χ4n) is 1.79. The zero-order valence-corrected chi connectivity index (χ0v) is 10.2. The highest BCUT2D eigenvalue weighted by atomic mass is 16.5. The van der Waals surface area contributed by atoms with Crippen LogP contribution >= 0.6 is 0 Å². The molecule has 0 aliphatic carbocycles. The third-order valence-corrected chi connectivity index (χ3v) is 2.68. The van der Waals surface area contributed by atoms with Crippen LogP contribution in [-0.2, 0) is 6.42 Å². The minimum Gasteiger partial charge on any atom is -0.481 e. The minimum atomic E-state index is 0.593. The number of benzene rings is 1. The Kier molecular flexibility index (Phi) is 3.44. The van der Waals surface area contributed by atoms with Crippen LogP contribution in [0.2, 0.25) is 0 Å². The third kappa shape index (κ3) is 2.31. The second kappa shape index (κ2) is 5.01. The van der Waals surface area contributed by atoms with Gasteiger partial charge in [0.15, 0.2) is 0 Å². The Balaban J connectivity index is 2.41. The summed E-state index contributed by atoms with van der Waals surface area (Å²) < 4.78 is 7.19. The molecule has 4 heteroatoms. The van der Waals surface area contributed by atoms with Gasteiger partial charge < -0.3 is 10.5 Å². The maximum Gasteiger partial charge on any atom is 0.219 e. The van der Waals surface area contributed by atoms with Crippen LogP contribution < -0.4 is 10.5 Å². The maximum atomic E-state index is 5.56. The molecule has 0 atom stereocenters. The van der Waals surface area contributed by atoms with Crippen LogP contribution in [0.3, 0.4) is 0 Å². The van der Waals surface area contributed by atoms with Gasteiger partial charge in [-0.3, -0.25) is 0 Å². The van der Waals surface area contributed by atoms with Gasteiger partial charge in [-0.2, -0.15) is 5.10 Å². The molecule has 1 aromatic carbocycles. The summed E-state index contributed by atoms with van der Waals surface area (Å²) in [6.07, 6.45) is 2.58. The largest absolute Gasteiger partial charge is 0.481 e. The van der Waals surface area contributed by atoms with Crippen molar-refractivity contribution in [3.8, 4) is 11.6 Å². The van der Waals surface area contributed by atoms with Crippen molar-refractivity contribution in [2.24, 2.45) is 5.73 Å². The van der Waals surface area contributed by atoms with Crippen LogP contribution in [0, 0.1) is 6.92 Å². The number of methoxy groups -OCH3 is 1. The van der Waals surface area contributed by atoms with Crippen molar-refractivity contribution in [3.05, 3.63) is 41.6 Å². The number of rotatable bonds is 4. The van der Waals surface area contributed by atoms with Gasteiger partial charge in [0.05, 0.1) is 19.0 Å². The van der Waals surface area contributed by atoms with Gasteiger partial charge in [0.1, 0.15) is 0 Å². The fourth-order valence-corrected chi connectivity index (χ4v) is 1.79. The summed E-state index contributed by atoms with van der Waals surface area (Å²) >= 11 is 0. The number of nitrogens with zero attached hydrogens (tertiary/aromatic N) is 2. The molecule has 90 valence electrons. The molecule has 1 heterocycles. The van der Waals surface area contributed by atoms with E-state index in [0.717, 1.165) is 23.6 Å². The number of aromatic nitrogens is 2. The topological polar surface area (TPSA) is 53.1 Å². The Hall–Kier alpha value is -1.81. The van der Waals surface area contributed by atoms with E-state index in [0.29, 0.717) is 6.54 Å². The second-order valence-electron chi connectivity index (χ2n) is 3.97. The third-order valence-electron chi connectivity index (χ3n) is 2.68. The highest BCUT2D eigenvalue weighted by Gasteiger charge is 2.11. The standard InChI is InChI=1S/C13H17N3O/c1-10-3-5-12(6-4-10)16-13(17-2)11(7-8-14)9-15-16/h3-6,9H,7-8,14H2,1-2H3. The van der Waals surface area contributed by atoms with Crippen LogP contribution in [0.5, 0.6) is 5.88 Å². The average molecular weight is 231 g/mol. The molecule has 0 aliphatic heterocycles. The molecule has 0 aliphatic rings. The Labute approximate surface area is 101 Å². The van der Waals surface area contributed by atoms with E-state index in [1.807, 2.05) is 18.3 Å². The number of nitrogens with two attached hydrogens (primary N) is 1. The first kappa shape index (κ1) is 11.7. The van der Waals surface area contributed by atoms with Gasteiger partial charge in [-0.25, -0.2) is 4.68 Å². The molecule has 2 N–H and O–H groups in total. The van der Waals surface area contributed by atoms with Crippen molar-refractivity contribution < 1.29 is 4.74 Å². The highest BCUT2D eigenvalue weighted by Crippen LogP contribution is 2.22. The molecule has 0 saturated carbocycles. The molecule has 17 heavy (non-hydrogen) atoms. The van der Waals surface area contributed by atoms with E-state index in [2.05, 4.69) is 24.2 Å². The molecule has 1 aromatic heterocycles. The number of ether oxygens (including phenoxy) is 1. The summed E-state index contributed by atoms with van der Waals surface area (Å²) in [7, 11) is 1.65. The van der Waals surface area contributed by atoms with Gasteiger partial charge in [0.25, 0.3) is 0 Å². The van der Waals surface area contributed by atoms with E-state index >= 15 is 0 Å². The highest BCUT2D eigenvalue weighted by molar-refractivity contribution is 5.39. The summed E-state index contributed by atoms with van der Waals surface area (Å²) in [5, 5.41) is 4.34. The molecule has 2 rings (SSSR count). The molecule has 0 spiro atoms. The van der Waals surface area contributed by atoms with Gasteiger partial charge in [-0.05, 0) is 32.0 Å². The smallest absolute Gasteiger partial charge is 0.219 e. The summed E-state index contributed by atoms with van der Waals surface area (Å²) in [5.41, 5.74) is 8.82. The zero-order valence-electron chi connectivity index (χ0n) is 10.2. The van der Waals surface area contributed by atoms with Crippen LogP contribution in [-0.4, -0.2) is 23.4 Å². The lowest BCUT2D eigenvalue weighted by Crippen LogP contribution is -2.05. The van der Waals surface area contributed by atoms with E-state index < -0.39 is 0 Å². The van der Waals surface area contributed by atoms with E-state index in [1.54, 1.807) is 11.8 Å². The minimum absolute atomic E-state index is 0.593. The Morgan fingerprint density at radius 3 is 2.59 bits per heavy atom. The quantitative estimate of drug-likeness (QED) is 0.871. The molecule has 0 bridgehead atoms. The predicted molar refractivity (Wildman–Crippen MR) is 67.6 cm³/mol. The van der Waals surface area contributed by atoms with E-state index in [1.165, 1.54) is 5.56 Å². The van der Waals surface area contributed by atoms with Gasteiger partial charge in [-0.1, -0.05) is 17.7 Å². The van der Waals surface area contributed by atoms with Gasteiger partial charge >= 0.3 is 0 Å². The normalized spacial score (nSPS) is 10.5. The number of aryl methyl sites for hydroxylation is 1. The first-order valence-electron chi connectivity index (χ1n) is 5.64. The first-order chi connectivity index (χ1) is 8.26. The van der Waals surface area contributed by atoms with Crippen molar-refractivity contribution in [2.75, 3.05) is 13.7 Å². The lowest BCUT2D eigenvalue weighted by molar-refractivity contribution is 0.379. The van der Waals surface area contributed by atoms with Crippen LogP contribution in [0.1, 0.15) is 11.1 Å². The number of hydrogen-bond acceptors (Lipinski definition) is 3. The van der Waals surface area contributed by atoms with Gasteiger partial charge in [0, 0.05) is 5.56 Å². The maximum absolute atomic E-state index is 5.56. The van der Waals surface area contributed by atoms with E-state index in [4.69, 9.17) is 10.5 Å². The van der Waals surface area contributed by atoms with Crippen LogP contribution in [0.25, 0.3) is 5.69 Å². The predicted octanol–water partition coefficient (Wildman–Crippen LogP) is 1.69. The SMILES string of the molecule is COc1c(CCN)cnn1-c1ccc(C)cc1. The van der Waals surface area contributed by atoms with Gasteiger partial charge in [-0.15, -0.1) is 0 Å². The first-order valence-corrected chi connectivity index (χ1v) is 5.64. The van der Waals surface area contributed by atoms with Crippen molar-refractivity contribution in [2.45, 2.75) is 13.3 Å². The van der Waals surface area contributed by atoms with Crippen molar-refractivity contribution >= 4 is 0 Å². The summed E-state index contributed by atoms with van der Waals surface area (Å²) in [6.45, 7) is 2.65. The Bertz CT molecular complexity index is 488. The van der Waals surface area contributed by atoms with Crippen LogP contribution in [0.15, 0.2) is 30.5 Å². The summed E-state index contributed by atoms with van der Waals surface area (Å²) in [5.74, 6) is 0.763. The van der Waals surface area contributed by atoms with Crippen molar-refractivity contribution in [3.63, 3.8) is 0 Å². The lowest BCUT2D eigenvalue weighted by atomic mass is 10.2. The van der Waals surface area contributed by atoms with E-state index in [-0.39, 0.29) is 0 Å². The van der Waals surface area contributed by atoms with Gasteiger partial charge in [0.2, 0.25) is 5.88 Å². The molecule has 0 radical (unpaired) electrons. The fraction of sp³-hybridized carbons (Fsp3) is 0.308. The van der Waals surface area contributed by atoms with Crippen molar-refractivity contribution in [1.29, 1.82) is 0 Å². The van der Waals surface area contributed by atoms with Crippen molar-refractivity contribution in [1.82, 2.24) is 9.78 Å². The van der Waals surface area contributed by atoms with Crippen LogP contribution in [0.4, 0.5) is 0 Å². The molecule has 0 unspecified atom stereocenters. The average Bonchev–Trinajstić information content (AvgIpc) is 2.73. The zero-order chi connectivity index (χ0) is 12.3. The number of hydrogen-bond donors (Lipinski definition) is 1. The molecular weight excluding hydrogens is 214 g/mol. The molecule has 0 fully saturated rings. The summed E-state index contributed by atoms with van der Waals surface area (Å²) in [6, 6.07) is 8.16. The molecule has 4 nitrogen and oxygen atoms in total. The molecule has 0 amide bonds. The molecule has 0 saturated heterocycles. The summed E-state index contributed by atoms with van der Waals surface area (Å²) in [4.78, 5) is 0. The molecular formula is C13H17N3O. The Morgan fingerprint density at radius 1 is 1.29 bits per heavy atom. The lowest BCUT2D eigenvalue weighted by Gasteiger charge is -2.08. The molecule has 2 aromatic rings. The monoisotopic (exact) mass is 231 g/mol. The van der Waals surface area contributed by atoms with E-state index in [9.17, 15) is 0 Å². The second-order valence-corrected chi connectivity index (χ2v) is 3.97. The Morgan fingerprint density at radius 2 is 2.00 bits per heavy atom.